The molecule has 1 spiro atoms. The number of hydrogen-bond donors (Lipinski definition) is 0. The standard InChI is InChI=1S/C23H22N2O4/c1-14-9-15(2)21-17(10-14)19(26)12-23(29-21)5-7-25(8-6-23)22(27)16-3-4-20-18(11-16)24-13-28-20/h3-4,9-11,13H,5-8,12H2,1-2H3. The monoisotopic (exact) mass is 390 g/mol. The highest BCUT2D eigenvalue weighted by molar-refractivity contribution is 6.01. The molecule has 1 fully saturated rings. The molecule has 0 unspecified atom stereocenters. The number of carbonyl (C=O) groups excluding carboxylic acids is 2. The van der Waals surface area contributed by atoms with Gasteiger partial charge >= 0.3 is 0 Å². The summed E-state index contributed by atoms with van der Waals surface area (Å²) in [6.45, 7) is 5.09. The third kappa shape index (κ3) is 2.99. The lowest BCUT2D eigenvalue weighted by Gasteiger charge is -2.44. The van der Waals surface area contributed by atoms with E-state index in [4.69, 9.17) is 9.15 Å². The molecule has 5 rings (SSSR count). The van der Waals surface area contributed by atoms with Crippen LogP contribution in [0.1, 0.15) is 51.1 Å². The molecular formula is C23H22N2O4. The van der Waals surface area contributed by atoms with Crippen LogP contribution in [0.2, 0.25) is 0 Å². The van der Waals surface area contributed by atoms with Crippen LogP contribution < -0.4 is 4.74 Å². The number of hydrogen-bond acceptors (Lipinski definition) is 5. The van der Waals surface area contributed by atoms with Gasteiger partial charge in [0.15, 0.2) is 17.8 Å². The molecular weight excluding hydrogens is 368 g/mol. The Hall–Kier alpha value is -3.15. The molecule has 0 aliphatic carbocycles. The second kappa shape index (κ2) is 6.44. The second-order valence-corrected chi connectivity index (χ2v) is 8.17. The molecule has 29 heavy (non-hydrogen) atoms. The Morgan fingerprint density at radius 2 is 1.93 bits per heavy atom. The molecule has 0 saturated carbocycles. The van der Waals surface area contributed by atoms with Crippen molar-refractivity contribution in [3.8, 4) is 5.75 Å². The second-order valence-electron chi connectivity index (χ2n) is 8.17. The molecule has 3 aromatic rings. The Balaban J connectivity index is 1.34. The van der Waals surface area contributed by atoms with Gasteiger partial charge in [-0.1, -0.05) is 6.07 Å². The normalized spacial score (nSPS) is 18.0. The molecule has 0 bridgehead atoms. The van der Waals surface area contributed by atoms with Crippen LogP contribution in [-0.4, -0.2) is 40.3 Å². The number of rotatable bonds is 1. The van der Waals surface area contributed by atoms with Crippen molar-refractivity contribution < 1.29 is 18.7 Å². The van der Waals surface area contributed by atoms with E-state index < -0.39 is 5.60 Å². The quantitative estimate of drug-likeness (QED) is 0.626. The number of likely N-dealkylation sites (tertiary alicyclic amines) is 1. The number of aromatic nitrogens is 1. The fourth-order valence-corrected chi connectivity index (χ4v) is 4.51. The highest BCUT2D eigenvalue weighted by atomic mass is 16.5. The van der Waals surface area contributed by atoms with Gasteiger partial charge in [-0.15, -0.1) is 0 Å². The zero-order chi connectivity index (χ0) is 20.2. The summed E-state index contributed by atoms with van der Waals surface area (Å²) >= 11 is 0. The summed E-state index contributed by atoms with van der Waals surface area (Å²) in [7, 11) is 0. The number of amides is 1. The van der Waals surface area contributed by atoms with Crippen LogP contribution in [0.3, 0.4) is 0 Å². The van der Waals surface area contributed by atoms with Crippen molar-refractivity contribution in [1.29, 1.82) is 0 Å². The first-order valence-electron chi connectivity index (χ1n) is 9.90. The van der Waals surface area contributed by atoms with Crippen LogP contribution in [-0.2, 0) is 0 Å². The average Bonchev–Trinajstić information content (AvgIpc) is 3.17. The van der Waals surface area contributed by atoms with E-state index in [2.05, 4.69) is 4.98 Å². The maximum atomic E-state index is 13.0. The number of carbonyl (C=O) groups is 2. The molecule has 1 saturated heterocycles. The lowest BCUT2D eigenvalue weighted by Crippen LogP contribution is -2.52. The predicted octanol–water partition coefficient (Wildman–Crippen LogP) is 4.08. The predicted molar refractivity (Wildman–Crippen MR) is 107 cm³/mol. The summed E-state index contributed by atoms with van der Waals surface area (Å²) in [6, 6.07) is 9.25. The smallest absolute Gasteiger partial charge is 0.253 e. The van der Waals surface area contributed by atoms with Crippen LogP contribution in [0.4, 0.5) is 0 Å². The Labute approximate surface area is 168 Å². The van der Waals surface area contributed by atoms with E-state index in [1.165, 1.54) is 6.39 Å². The highest BCUT2D eigenvalue weighted by Crippen LogP contribution is 2.41. The summed E-state index contributed by atoms with van der Waals surface area (Å²) in [4.78, 5) is 31.7. The minimum atomic E-state index is -0.517. The lowest BCUT2D eigenvalue weighted by atomic mass is 9.81. The fourth-order valence-electron chi connectivity index (χ4n) is 4.51. The summed E-state index contributed by atoms with van der Waals surface area (Å²) in [5.41, 5.74) is 4.17. The third-order valence-corrected chi connectivity index (χ3v) is 6.06. The summed E-state index contributed by atoms with van der Waals surface area (Å²) in [5.74, 6) is 0.816. The van der Waals surface area contributed by atoms with E-state index in [9.17, 15) is 9.59 Å². The maximum Gasteiger partial charge on any atom is 0.253 e. The van der Waals surface area contributed by atoms with Gasteiger partial charge in [-0.3, -0.25) is 9.59 Å². The number of piperidine rings is 1. The van der Waals surface area contributed by atoms with Gasteiger partial charge in [-0.25, -0.2) is 4.98 Å². The molecule has 2 aliphatic heterocycles. The molecule has 2 aromatic carbocycles. The van der Waals surface area contributed by atoms with Gasteiger partial charge in [0.1, 0.15) is 16.9 Å². The van der Waals surface area contributed by atoms with E-state index in [0.29, 0.717) is 60.3 Å². The van der Waals surface area contributed by atoms with Crippen molar-refractivity contribution in [3.05, 3.63) is 59.0 Å². The number of aryl methyl sites for hydroxylation is 2. The fraction of sp³-hybridized carbons (Fsp3) is 0.348. The number of Topliss-reactive ketones (excluding diaryl/α,β-unsaturated/α-hetero) is 1. The van der Waals surface area contributed by atoms with E-state index in [1.807, 2.05) is 30.9 Å². The maximum absolute atomic E-state index is 13.0. The van der Waals surface area contributed by atoms with E-state index in [1.54, 1.807) is 18.2 Å². The molecule has 2 aliphatic rings. The summed E-state index contributed by atoms with van der Waals surface area (Å²) < 4.78 is 11.7. The van der Waals surface area contributed by atoms with E-state index >= 15 is 0 Å². The summed E-state index contributed by atoms with van der Waals surface area (Å²) in [6.07, 6.45) is 3.03. The number of nitrogens with zero attached hydrogens (tertiary/aromatic N) is 2. The Morgan fingerprint density at radius 1 is 1.14 bits per heavy atom. The zero-order valence-corrected chi connectivity index (χ0v) is 16.5. The minimum absolute atomic E-state index is 0.0286. The van der Waals surface area contributed by atoms with Crippen LogP contribution in [0.15, 0.2) is 41.1 Å². The molecule has 6 heteroatoms. The van der Waals surface area contributed by atoms with E-state index in [0.717, 1.165) is 11.1 Å². The van der Waals surface area contributed by atoms with Crippen LogP contribution in [0, 0.1) is 13.8 Å². The number of oxazole rings is 1. The van der Waals surface area contributed by atoms with Gasteiger partial charge in [0, 0.05) is 31.5 Å². The van der Waals surface area contributed by atoms with Crippen molar-refractivity contribution in [2.45, 2.75) is 38.7 Å². The zero-order valence-electron chi connectivity index (χ0n) is 16.5. The Morgan fingerprint density at radius 3 is 2.72 bits per heavy atom. The molecule has 1 aromatic heterocycles. The highest BCUT2D eigenvalue weighted by Gasteiger charge is 2.44. The Bertz CT molecular complexity index is 1140. The molecule has 0 N–H and O–H groups in total. The van der Waals surface area contributed by atoms with Gasteiger partial charge < -0.3 is 14.1 Å². The minimum Gasteiger partial charge on any atom is -0.486 e. The lowest BCUT2D eigenvalue weighted by molar-refractivity contribution is -0.00618. The number of benzene rings is 2. The Kier molecular flexibility index (Phi) is 3.98. The van der Waals surface area contributed by atoms with Crippen molar-refractivity contribution >= 4 is 22.8 Å². The summed E-state index contributed by atoms with van der Waals surface area (Å²) in [5, 5.41) is 0. The van der Waals surface area contributed by atoms with Crippen LogP contribution in [0.5, 0.6) is 5.75 Å². The molecule has 0 radical (unpaired) electrons. The largest absolute Gasteiger partial charge is 0.486 e. The van der Waals surface area contributed by atoms with Gasteiger partial charge in [0.05, 0.1) is 12.0 Å². The van der Waals surface area contributed by atoms with Gasteiger partial charge in [-0.2, -0.15) is 0 Å². The van der Waals surface area contributed by atoms with Crippen LogP contribution >= 0.6 is 0 Å². The van der Waals surface area contributed by atoms with Crippen molar-refractivity contribution in [1.82, 2.24) is 9.88 Å². The molecule has 1 amide bonds. The first kappa shape index (κ1) is 17.9. The first-order valence-corrected chi connectivity index (χ1v) is 9.90. The number of ketones is 1. The van der Waals surface area contributed by atoms with E-state index in [-0.39, 0.29) is 11.7 Å². The molecule has 148 valence electrons. The van der Waals surface area contributed by atoms with Crippen molar-refractivity contribution in [2.24, 2.45) is 0 Å². The van der Waals surface area contributed by atoms with Gasteiger partial charge in [0.2, 0.25) is 0 Å². The third-order valence-electron chi connectivity index (χ3n) is 6.06. The van der Waals surface area contributed by atoms with Crippen molar-refractivity contribution in [2.75, 3.05) is 13.1 Å². The van der Waals surface area contributed by atoms with Crippen molar-refractivity contribution in [3.63, 3.8) is 0 Å². The van der Waals surface area contributed by atoms with Gasteiger partial charge in [-0.05, 0) is 49.2 Å². The molecule has 0 atom stereocenters. The topological polar surface area (TPSA) is 72.6 Å². The number of ether oxygens (including phenoxy) is 1. The first-order chi connectivity index (χ1) is 13.9. The molecule has 3 heterocycles. The average molecular weight is 390 g/mol. The SMILES string of the molecule is Cc1cc(C)c2c(c1)C(=O)CC1(CCN(C(=O)c3ccc4ocnc4c3)CC1)O2. The van der Waals surface area contributed by atoms with Gasteiger partial charge in [0.25, 0.3) is 5.91 Å². The number of fused-ring (bicyclic) bond motifs is 2. The van der Waals surface area contributed by atoms with Crippen LogP contribution in [0.25, 0.3) is 11.1 Å². The molecule has 6 nitrogen and oxygen atoms in total.